The predicted molar refractivity (Wildman–Crippen MR) is 114 cm³/mol. The van der Waals surface area contributed by atoms with Crippen LogP contribution >= 0.6 is 11.3 Å². The molecule has 28 heavy (non-hydrogen) atoms. The van der Waals surface area contributed by atoms with E-state index in [9.17, 15) is 14.4 Å². The molecule has 3 aromatic rings. The molecule has 1 N–H and O–H groups in total. The molecule has 4 nitrogen and oxygen atoms in total. The first-order chi connectivity index (χ1) is 13.6. The third-order valence-electron chi connectivity index (χ3n) is 5.43. The van der Waals surface area contributed by atoms with E-state index in [1.54, 1.807) is 6.07 Å². The number of carbonyl (C=O) groups is 2. The monoisotopic (exact) mass is 393 g/mol. The predicted octanol–water partition coefficient (Wildman–Crippen LogP) is 5.20. The SMILES string of the molecule is CCCCCCCCc1cc2c(c3sc4ccccc4c(=O)c13)C(=O)NC2=O. The van der Waals surface area contributed by atoms with Crippen LogP contribution in [0.25, 0.3) is 20.2 Å². The zero-order valence-electron chi connectivity index (χ0n) is 16.0. The fourth-order valence-corrected chi connectivity index (χ4v) is 5.25. The number of rotatable bonds is 7. The average molecular weight is 394 g/mol. The Morgan fingerprint density at radius 2 is 1.68 bits per heavy atom. The number of amides is 2. The van der Waals surface area contributed by atoms with Gasteiger partial charge in [0.1, 0.15) is 0 Å². The normalized spacial score (nSPS) is 13.3. The van der Waals surface area contributed by atoms with E-state index < -0.39 is 5.91 Å². The van der Waals surface area contributed by atoms with Gasteiger partial charge in [-0.1, -0.05) is 51.2 Å². The molecule has 0 fully saturated rings. The maximum Gasteiger partial charge on any atom is 0.260 e. The van der Waals surface area contributed by atoms with E-state index in [-0.39, 0.29) is 11.3 Å². The Hall–Kier alpha value is -2.53. The molecule has 0 bridgehead atoms. The Labute approximate surface area is 167 Å². The number of fused-ring (bicyclic) bond motifs is 4. The van der Waals surface area contributed by atoms with Crippen molar-refractivity contribution >= 4 is 43.3 Å². The van der Waals surface area contributed by atoms with Crippen molar-refractivity contribution in [3.05, 3.63) is 57.2 Å². The topological polar surface area (TPSA) is 63.2 Å². The van der Waals surface area contributed by atoms with Crippen molar-refractivity contribution in [2.24, 2.45) is 0 Å². The van der Waals surface area contributed by atoms with E-state index >= 15 is 0 Å². The maximum atomic E-state index is 13.3. The van der Waals surface area contributed by atoms with Crippen LogP contribution in [0.15, 0.2) is 35.1 Å². The van der Waals surface area contributed by atoms with Gasteiger partial charge in [0.05, 0.1) is 15.8 Å². The highest BCUT2D eigenvalue weighted by Gasteiger charge is 2.31. The molecule has 1 aliphatic rings. The van der Waals surface area contributed by atoms with Gasteiger partial charge in [-0.2, -0.15) is 0 Å². The lowest BCUT2D eigenvalue weighted by atomic mass is 9.96. The summed E-state index contributed by atoms with van der Waals surface area (Å²) in [4.78, 5) is 37.9. The maximum absolute atomic E-state index is 13.3. The number of imide groups is 1. The zero-order chi connectivity index (χ0) is 19.7. The van der Waals surface area contributed by atoms with Crippen molar-refractivity contribution in [2.75, 3.05) is 0 Å². The molecule has 0 aliphatic carbocycles. The van der Waals surface area contributed by atoms with Crippen LogP contribution in [0.3, 0.4) is 0 Å². The standard InChI is InChI=1S/C23H23NO3S/c1-2-3-4-5-6-7-10-14-13-16-19(23(27)24-22(16)26)21-18(14)20(25)15-11-8-9-12-17(15)28-21/h8-9,11-13H,2-7,10H2,1H3,(H,24,26,27). The average Bonchev–Trinajstić information content (AvgIpc) is 2.98. The second-order valence-corrected chi connectivity index (χ2v) is 8.44. The van der Waals surface area contributed by atoms with E-state index in [1.165, 1.54) is 37.0 Å². The number of nitrogens with one attached hydrogen (secondary N) is 1. The molecule has 0 spiro atoms. The van der Waals surface area contributed by atoms with Gasteiger partial charge in [-0.3, -0.25) is 19.7 Å². The largest absolute Gasteiger partial charge is 0.288 e. The second kappa shape index (κ2) is 7.84. The van der Waals surface area contributed by atoms with Gasteiger partial charge in [0, 0.05) is 15.5 Å². The lowest BCUT2D eigenvalue weighted by molar-refractivity contribution is 0.0880. The van der Waals surface area contributed by atoms with Crippen LogP contribution in [-0.2, 0) is 6.42 Å². The summed E-state index contributed by atoms with van der Waals surface area (Å²) in [6, 6.07) is 9.24. The Morgan fingerprint density at radius 3 is 2.50 bits per heavy atom. The Bertz CT molecular complexity index is 1150. The van der Waals surface area contributed by atoms with E-state index in [0.717, 1.165) is 29.5 Å². The summed E-state index contributed by atoms with van der Waals surface area (Å²) in [6.07, 6.45) is 7.72. The third kappa shape index (κ3) is 3.24. The van der Waals surface area contributed by atoms with Crippen LogP contribution in [0.2, 0.25) is 0 Å². The number of hydrogen-bond donors (Lipinski definition) is 1. The summed E-state index contributed by atoms with van der Waals surface area (Å²) in [6.45, 7) is 2.20. The van der Waals surface area contributed by atoms with Crippen molar-refractivity contribution in [2.45, 2.75) is 51.9 Å². The minimum atomic E-state index is -0.401. The van der Waals surface area contributed by atoms with Crippen molar-refractivity contribution in [3.63, 3.8) is 0 Å². The van der Waals surface area contributed by atoms with Gasteiger partial charge in [-0.15, -0.1) is 11.3 Å². The molecule has 2 aromatic carbocycles. The van der Waals surface area contributed by atoms with Crippen molar-refractivity contribution in [1.29, 1.82) is 0 Å². The van der Waals surface area contributed by atoms with Crippen molar-refractivity contribution in [3.8, 4) is 0 Å². The van der Waals surface area contributed by atoms with Crippen LogP contribution in [0.5, 0.6) is 0 Å². The molecule has 0 saturated carbocycles. The van der Waals surface area contributed by atoms with Crippen molar-refractivity contribution in [1.82, 2.24) is 5.32 Å². The number of benzene rings is 2. The molecule has 2 heterocycles. The van der Waals surface area contributed by atoms with Gasteiger partial charge >= 0.3 is 0 Å². The molecule has 1 aromatic heterocycles. The molecular weight excluding hydrogens is 370 g/mol. The summed E-state index contributed by atoms with van der Waals surface area (Å²) >= 11 is 1.43. The molecule has 2 amide bonds. The quantitative estimate of drug-likeness (QED) is 0.341. The Kier molecular flexibility index (Phi) is 5.27. The first-order valence-electron chi connectivity index (χ1n) is 9.99. The van der Waals surface area contributed by atoms with Crippen molar-refractivity contribution < 1.29 is 9.59 Å². The van der Waals surface area contributed by atoms with E-state index in [4.69, 9.17) is 0 Å². The molecule has 0 saturated heterocycles. The minimum Gasteiger partial charge on any atom is -0.288 e. The minimum absolute atomic E-state index is 0.0414. The lowest BCUT2D eigenvalue weighted by Gasteiger charge is -2.10. The third-order valence-corrected chi connectivity index (χ3v) is 6.62. The molecule has 0 atom stereocenters. The number of unbranched alkanes of at least 4 members (excludes halogenated alkanes) is 5. The van der Waals surface area contributed by atoms with Gasteiger partial charge in [0.25, 0.3) is 11.8 Å². The highest BCUT2D eigenvalue weighted by Crippen LogP contribution is 2.34. The number of aryl methyl sites for hydroxylation is 1. The molecule has 0 unspecified atom stereocenters. The summed E-state index contributed by atoms with van der Waals surface area (Å²) in [7, 11) is 0. The molecule has 144 valence electrons. The summed E-state index contributed by atoms with van der Waals surface area (Å²) in [5.74, 6) is -0.763. The molecule has 5 heteroatoms. The number of carbonyl (C=O) groups excluding carboxylic acids is 2. The molecule has 0 radical (unpaired) electrons. The highest BCUT2D eigenvalue weighted by atomic mass is 32.1. The highest BCUT2D eigenvalue weighted by molar-refractivity contribution is 7.25. The van der Waals surface area contributed by atoms with Gasteiger partial charge < -0.3 is 0 Å². The molecular formula is C23H23NO3S. The fraction of sp³-hybridized carbons (Fsp3) is 0.348. The van der Waals surface area contributed by atoms with Crippen LogP contribution < -0.4 is 10.7 Å². The van der Waals surface area contributed by atoms with E-state index in [2.05, 4.69) is 12.2 Å². The van der Waals surface area contributed by atoms with Gasteiger partial charge in [0.15, 0.2) is 5.43 Å². The summed E-state index contributed by atoms with van der Waals surface area (Å²) < 4.78 is 1.48. The van der Waals surface area contributed by atoms with E-state index in [0.29, 0.717) is 26.6 Å². The van der Waals surface area contributed by atoms with Crippen LogP contribution in [0.4, 0.5) is 0 Å². The van der Waals surface area contributed by atoms with E-state index in [1.807, 2.05) is 24.3 Å². The first-order valence-corrected chi connectivity index (χ1v) is 10.8. The Morgan fingerprint density at radius 1 is 0.929 bits per heavy atom. The molecule has 4 rings (SSSR count). The smallest absolute Gasteiger partial charge is 0.260 e. The summed E-state index contributed by atoms with van der Waals surface area (Å²) in [5.41, 5.74) is 1.62. The van der Waals surface area contributed by atoms with Gasteiger partial charge in [-0.05, 0) is 36.6 Å². The van der Waals surface area contributed by atoms with Crippen LogP contribution in [-0.4, -0.2) is 11.8 Å². The van der Waals surface area contributed by atoms with Gasteiger partial charge in [-0.25, -0.2) is 0 Å². The van der Waals surface area contributed by atoms with Gasteiger partial charge in [0.2, 0.25) is 0 Å². The van der Waals surface area contributed by atoms with Crippen LogP contribution in [0.1, 0.15) is 71.7 Å². The Balaban J connectivity index is 1.82. The lowest BCUT2D eigenvalue weighted by Crippen LogP contribution is -2.20. The zero-order valence-corrected chi connectivity index (χ0v) is 16.8. The molecule has 1 aliphatic heterocycles. The summed E-state index contributed by atoms with van der Waals surface area (Å²) in [5, 5.41) is 3.67. The second-order valence-electron chi connectivity index (χ2n) is 7.39. The first kappa shape index (κ1) is 18.8. The fourth-order valence-electron chi connectivity index (χ4n) is 3.98. The number of hydrogen-bond acceptors (Lipinski definition) is 4. The van der Waals surface area contributed by atoms with Crippen LogP contribution in [0, 0.1) is 0 Å².